The van der Waals surface area contributed by atoms with Crippen molar-refractivity contribution in [1.29, 1.82) is 0 Å². The lowest BCUT2D eigenvalue weighted by Gasteiger charge is -2.25. The van der Waals surface area contributed by atoms with Gasteiger partial charge in [-0.05, 0) is 18.6 Å². The summed E-state index contributed by atoms with van der Waals surface area (Å²) in [6.07, 6.45) is 3.21. The average molecular weight is 271 g/mol. The van der Waals surface area contributed by atoms with Gasteiger partial charge in [0.2, 0.25) is 0 Å². The van der Waals surface area contributed by atoms with E-state index in [9.17, 15) is 8.42 Å². The summed E-state index contributed by atoms with van der Waals surface area (Å²) in [6.45, 7) is 3.30. The molecule has 0 aromatic heterocycles. The molecule has 1 aromatic carbocycles. The molecule has 18 heavy (non-hydrogen) atoms. The molecule has 0 saturated heterocycles. The van der Waals surface area contributed by atoms with E-state index in [1.807, 2.05) is 11.0 Å². The quantitative estimate of drug-likeness (QED) is 0.820. The molecule has 0 radical (unpaired) electrons. The molecule has 4 nitrogen and oxygen atoms in total. The Bertz CT molecular complexity index is 471. The second kappa shape index (κ2) is 6.75. The Balaban J connectivity index is 3.11. The van der Waals surface area contributed by atoms with Crippen LogP contribution in [0.4, 0.5) is 5.69 Å². The third kappa shape index (κ3) is 3.99. The predicted octanol–water partition coefficient (Wildman–Crippen LogP) is 1.69. The standard InChI is InChI=1S/C13H21NO3S/c1-3-4-9-14(10-11-15)12-7-5-6-8-13(12)18(2,16)17/h5-8,15H,3-4,9-11H2,1-2H3. The monoisotopic (exact) mass is 271 g/mol. The predicted molar refractivity (Wildman–Crippen MR) is 73.8 cm³/mol. The van der Waals surface area contributed by atoms with Crippen molar-refractivity contribution in [3.05, 3.63) is 24.3 Å². The number of aliphatic hydroxyl groups is 1. The van der Waals surface area contributed by atoms with Gasteiger partial charge in [-0.25, -0.2) is 8.42 Å². The second-order valence-electron chi connectivity index (χ2n) is 4.30. The molecule has 1 aromatic rings. The lowest BCUT2D eigenvalue weighted by atomic mass is 10.2. The number of nitrogens with zero attached hydrogens (tertiary/aromatic N) is 1. The Morgan fingerprint density at radius 3 is 2.44 bits per heavy atom. The van der Waals surface area contributed by atoms with Crippen molar-refractivity contribution in [2.24, 2.45) is 0 Å². The van der Waals surface area contributed by atoms with Gasteiger partial charge >= 0.3 is 0 Å². The highest BCUT2D eigenvalue weighted by atomic mass is 32.2. The topological polar surface area (TPSA) is 57.6 Å². The van der Waals surface area contributed by atoms with Crippen LogP contribution in [-0.4, -0.2) is 39.5 Å². The van der Waals surface area contributed by atoms with Gasteiger partial charge in [0.1, 0.15) is 0 Å². The number of anilines is 1. The molecule has 0 aliphatic carbocycles. The molecule has 1 rings (SSSR count). The largest absolute Gasteiger partial charge is 0.395 e. The highest BCUT2D eigenvalue weighted by molar-refractivity contribution is 7.90. The lowest BCUT2D eigenvalue weighted by molar-refractivity contribution is 0.301. The van der Waals surface area contributed by atoms with Gasteiger partial charge in [0, 0.05) is 19.3 Å². The van der Waals surface area contributed by atoms with E-state index >= 15 is 0 Å². The number of sulfone groups is 1. The van der Waals surface area contributed by atoms with E-state index in [0.29, 0.717) is 17.1 Å². The highest BCUT2D eigenvalue weighted by Gasteiger charge is 2.16. The first-order chi connectivity index (χ1) is 8.50. The van der Waals surface area contributed by atoms with E-state index in [4.69, 9.17) is 5.11 Å². The first kappa shape index (κ1) is 15.0. The maximum Gasteiger partial charge on any atom is 0.177 e. The van der Waals surface area contributed by atoms with Crippen LogP contribution >= 0.6 is 0 Å². The van der Waals surface area contributed by atoms with Gasteiger partial charge in [-0.3, -0.25) is 0 Å². The van der Waals surface area contributed by atoms with Crippen LogP contribution in [0.2, 0.25) is 0 Å². The molecule has 0 amide bonds. The fourth-order valence-electron chi connectivity index (χ4n) is 1.85. The zero-order valence-electron chi connectivity index (χ0n) is 11.0. The van der Waals surface area contributed by atoms with Crippen molar-refractivity contribution in [2.75, 3.05) is 30.9 Å². The van der Waals surface area contributed by atoms with Gasteiger partial charge in [0.25, 0.3) is 0 Å². The molecule has 0 unspecified atom stereocenters. The van der Waals surface area contributed by atoms with Crippen LogP contribution in [0.1, 0.15) is 19.8 Å². The summed E-state index contributed by atoms with van der Waals surface area (Å²) in [6, 6.07) is 6.94. The number of aliphatic hydroxyl groups excluding tert-OH is 1. The van der Waals surface area contributed by atoms with Crippen LogP contribution in [0.3, 0.4) is 0 Å². The van der Waals surface area contributed by atoms with E-state index in [1.54, 1.807) is 18.2 Å². The summed E-state index contributed by atoms with van der Waals surface area (Å²) < 4.78 is 23.5. The molecule has 102 valence electrons. The number of rotatable bonds is 7. The number of unbranched alkanes of at least 4 members (excludes halogenated alkanes) is 1. The van der Waals surface area contributed by atoms with Gasteiger partial charge in [0.05, 0.1) is 17.2 Å². The molecule has 0 heterocycles. The van der Waals surface area contributed by atoms with Crippen LogP contribution in [0.5, 0.6) is 0 Å². The molecule has 5 heteroatoms. The molecule has 1 N–H and O–H groups in total. The van der Waals surface area contributed by atoms with Gasteiger partial charge in [0.15, 0.2) is 9.84 Å². The molecule has 0 fully saturated rings. The van der Waals surface area contributed by atoms with Crippen molar-refractivity contribution in [1.82, 2.24) is 0 Å². The van der Waals surface area contributed by atoms with E-state index in [1.165, 1.54) is 6.26 Å². The molecule has 0 aliphatic heterocycles. The lowest BCUT2D eigenvalue weighted by Crippen LogP contribution is -2.29. The molecule has 0 aliphatic rings. The van der Waals surface area contributed by atoms with Crippen LogP contribution < -0.4 is 4.90 Å². The SMILES string of the molecule is CCCCN(CCO)c1ccccc1S(C)(=O)=O. The maximum atomic E-state index is 11.7. The number of benzene rings is 1. The Morgan fingerprint density at radius 1 is 1.22 bits per heavy atom. The molecule has 0 spiro atoms. The van der Waals surface area contributed by atoms with Crippen LogP contribution in [0, 0.1) is 0 Å². The molecule has 0 saturated carbocycles. The first-order valence-corrected chi connectivity index (χ1v) is 8.04. The minimum Gasteiger partial charge on any atom is -0.395 e. The maximum absolute atomic E-state index is 11.7. The summed E-state index contributed by atoms with van der Waals surface area (Å²) >= 11 is 0. The van der Waals surface area contributed by atoms with Crippen LogP contribution in [-0.2, 0) is 9.84 Å². The van der Waals surface area contributed by atoms with Gasteiger partial charge < -0.3 is 10.0 Å². The van der Waals surface area contributed by atoms with Crippen molar-refractivity contribution >= 4 is 15.5 Å². The number of para-hydroxylation sites is 1. The molecule has 0 bridgehead atoms. The minimum atomic E-state index is -3.25. The van der Waals surface area contributed by atoms with E-state index in [0.717, 1.165) is 19.4 Å². The van der Waals surface area contributed by atoms with Crippen LogP contribution in [0.25, 0.3) is 0 Å². The Morgan fingerprint density at radius 2 is 1.89 bits per heavy atom. The number of hydrogen-bond acceptors (Lipinski definition) is 4. The van der Waals surface area contributed by atoms with Crippen LogP contribution in [0.15, 0.2) is 29.2 Å². The first-order valence-electron chi connectivity index (χ1n) is 6.15. The molecular formula is C13H21NO3S. The summed E-state index contributed by atoms with van der Waals surface area (Å²) in [5.74, 6) is 0. The highest BCUT2D eigenvalue weighted by Crippen LogP contribution is 2.25. The summed E-state index contributed by atoms with van der Waals surface area (Å²) in [5.41, 5.74) is 0.683. The number of hydrogen-bond donors (Lipinski definition) is 1. The van der Waals surface area contributed by atoms with Crippen molar-refractivity contribution in [3.8, 4) is 0 Å². The van der Waals surface area contributed by atoms with Crippen molar-refractivity contribution < 1.29 is 13.5 Å². The smallest absolute Gasteiger partial charge is 0.177 e. The third-order valence-electron chi connectivity index (χ3n) is 2.76. The van der Waals surface area contributed by atoms with Gasteiger partial charge in [-0.1, -0.05) is 25.5 Å². The van der Waals surface area contributed by atoms with Gasteiger partial charge in [-0.2, -0.15) is 0 Å². The third-order valence-corrected chi connectivity index (χ3v) is 3.90. The second-order valence-corrected chi connectivity index (χ2v) is 6.29. The fourth-order valence-corrected chi connectivity index (χ4v) is 2.76. The molecule has 0 atom stereocenters. The van der Waals surface area contributed by atoms with E-state index in [-0.39, 0.29) is 6.61 Å². The van der Waals surface area contributed by atoms with Gasteiger partial charge in [-0.15, -0.1) is 0 Å². The fraction of sp³-hybridized carbons (Fsp3) is 0.538. The Kier molecular flexibility index (Phi) is 5.62. The van der Waals surface area contributed by atoms with Crippen molar-refractivity contribution in [2.45, 2.75) is 24.7 Å². The summed E-state index contributed by atoms with van der Waals surface area (Å²) in [7, 11) is -3.25. The zero-order valence-corrected chi connectivity index (χ0v) is 11.8. The van der Waals surface area contributed by atoms with E-state index in [2.05, 4.69) is 6.92 Å². The van der Waals surface area contributed by atoms with Crippen molar-refractivity contribution in [3.63, 3.8) is 0 Å². The Hall–Kier alpha value is -1.07. The minimum absolute atomic E-state index is 0.0157. The zero-order chi connectivity index (χ0) is 13.6. The Labute approximate surface area is 109 Å². The normalized spacial score (nSPS) is 11.5. The average Bonchev–Trinajstić information content (AvgIpc) is 2.33. The summed E-state index contributed by atoms with van der Waals surface area (Å²) in [5, 5.41) is 9.10. The summed E-state index contributed by atoms with van der Waals surface area (Å²) in [4.78, 5) is 2.26. The van der Waals surface area contributed by atoms with E-state index < -0.39 is 9.84 Å². The molecular weight excluding hydrogens is 250 g/mol.